The first-order chi connectivity index (χ1) is 12.8. The Morgan fingerprint density at radius 3 is 2.67 bits per heavy atom. The van der Waals surface area contributed by atoms with Crippen LogP contribution >= 0.6 is 11.6 Å². The number of alkyl halides is 3. The SMILES string of the molecule is O=C(Cc1ccccc1Cl)OCc1nc(-c2cccc(C(F)(F)F)c2)no1. The molecule has 0 aliphatic heterocycles. The van der Waals surface area contributed by atoms with Crippen molar-refractivity contribution in [1.29, 1.82) is 0 Å². The highest BCUT2D eigenvalue weighted by Crippen LogP contribution is 2.31. The molecular weight excluding hydrogens is 385 g/mol. The first-order valence-electron chi connectivity index (χ1n) is 7.72. The smallest absolute Gasteiger partial charge is 0.416 e. The van der Waals surface area contributed by atoms with Crippen molar-refractivity contribution < 1.29 is 27.2 Å². The quantitative estimate of drug-likeness (QED) is 0.585. The summed E-state index contributed by atoms with van der Waals surface area (Å²) in [5.41, 5.74) is -0.0703. The van der Waals surface area contributed by atoms with Gasteiger partial charge in [0.15, 0.2) is 6.61 Å². The summed E-state index contributed by atoms with van der Waals surface area (Å²) in [6.45, 7) is -0.296. The number of halogens is 4. The number of hydrogen-bond acceptors (Lipinski definition) is 5. The van der Waals surface area contributed by atoms with Gasteiger partial charge in [0.25, 0.3) is 5.89 Å². The molecule has 0 aliphatic rings. The molecule has 3 aromatic rings. The highest BCUT2D eigenvalue weighted by atomic mass is 35.5. The van der Waals surface area contributed by atoms with E-state index in [9.17, 15) is 18.0 Å². The third-order valence-electron chi connectivity index (χ3n) is 3.57. The molecule has 0 bridgehead atoms. The van der Waals surface area contributed by atoms with Crippen LogP contribution in [0.2, 0.25) is 5.02 Å². The second kappa shape index (κ2) is 7.79. The molecule has 1 aromatic heterocycles. The van der Waals surface area contributed by atoms with Crippen LogP contribution < -0.4 is 0 Å². The molecule has 27 heavy (non-hydrogen) atoms. The van der Waals surface area contributed by atoms with Gasteiger partial charge in [0.05, 0.1) is 12.0 Å². The zero-order chi connectivity index (χ0) is 19.4. The second-order valence-electron chi connectivity index (χ2n) is 5.52. The zero-order valence-electron chi connectivity index (χ0n) is 13.7. The van der Waals surface area contributed by atoms with E-state index in [4.69, 9.17) is 20.9 Å². The first kappa shape index (κ1) is 18.9. The number of carbonyl (C=O) groups excluding carboxylic acids is 1. The zero-order valence-corrected chi connectivity index (χ0v) is 14.4. The van der Waals surface area contributed by atoms with Crippen LogP contribution in [0, 0.1) is 0 Å². The number of rotatable bonds is 5. The molecule has 0 N–H and O–H groups in total. The standard InChI is InChI=1S/C18H12ClF3N2O3/c19-14-7-2-1-4-11(14)9-16(25)26-10-15-23-17(24-27-15)12-5-3-6-13(8-12)18(20,21)22/h1-8H,9-10H2. The number of aromatic nitrogens is 2. The maximum atomic E-state index is 12.8. The Morgan fingerprint density at radius 1 is 1.15 bits per heavy atom. The van der Waals surface area contributed by atoms with Gasteiger partial charge >= 0.3 is 12.1 Å². The summed E-state index contributed by atoms with van der Waals surface area (Å²) in [4.78, 5) is 15.8. The molecule has 0 aliphatic carbocycles. The molecular formula is C18H12ClF3N2O3. The van der Waals surface area contributed by atoms with Gasteiger partial charge in [-0.25, -0.2) is 0 Å². The summed E-state index contributed by atoms with van der Waals surface area (Å²) in [5.74, 6) is -0.616. The van der Waals surface area contributed by atoms with Crippen molar-refractivity contribution in [3.63, 3.8) is 0 Å². The predicted octanol–water partition coefficient (Wildman–Crippen LogP) is 4.69. The lowest BCUT2D eigenvalue weighted by atomic mass is 10.1. The topological polar surface area (TPSA) is 65.2 Å². The first-order valence-corrected chi connectivity index (χ1v) is 8.10. The Hall–Kier alpha value is -2.87. The lowest BCUT2D eigenvalue weighted by Gasteiger charge is -2.06. The van der Waals surface area contributed by atoms with Gasteiger partial charge in [-0.3, -0.25) is 4.79 Å². The molecule has 0 fully saturated rings. The molecule has 0 radical (unpaired) electrons. The molecule has 5 nitrogen and oxygen atoms in total. The molecule has 3 rings (SSSR count). The summed E-state index contributed by atoms with van der Waals surface area (Å²) in [5, 5.41) is 4.06. The van der Waals surface area contributed by atoms with Crippen molar-refractivity contribution in [3.05, 3.63) is 70.6 Å². The van der Waals surface area contributed by atoms with Crippen LogP contribution in [0.15, 0.2) is 53.1 Å². The number of ether oxygens (including phenoxy) is 1. The van der Waals surface area contributed by atoms with Crippen molar-refractivity contribution in [2.75, 3.05) is 0 Å². The van der Waals surface area contributed by atoms with E-state index >= 15 is 0 Å². The highest BCUT2D eigenvalue weighted by molar-refractivity contribution is 6.31. The van der Waals surface area contributed by atoms with Crippen molar-refractivity contribution in [3.8, 4) is 11.4 Å². The predicted molar refractivity (Wildman–Crippen MR) is 89.7 cm³/mol. The van der Waals surface area contributed by atoms with Crippen molar-refractivity contribution in [2.24, 2.45) is 0 Å². The molecule has 0 atom stereocenters. The number of carbonyl (C=O) groups is 1. The van der Waals surface area contributed by atoms with Crippen LogP contribution in [0.3, 0.4) is 0 Å². The Kier molecular flexibility index (Phi) is 5.46. The molecule has 0 amide bonds. The van der Waals surface area contributed by atoms with E-state index in [1.54, 1.807) is 24.3 Å². The van der Waals surface area contributed by atoms with Gasteiger partial charge in [-0.15, -0.1) is 0 Å². The molecule has 0 unspecified atom stereocenters. The van der Waals surface area contributed by atoms with Crippen molar-refractivity contribution >= 4 is 17.6 Å². The average molecular weight is 397 g/mol. The largest absolute Gasteiger partial charge is 0.455 e. The fraction of sp³-hybridized carbons (Fsp3) is 0.167. The number of esters is 1. The Morgan fingerprint density at radius 2 is 1.93 bits per heavy atom. The van der Waals surface area contributed by atoms with E-state index < -0.39 is 17.7 Å². The van der Waals surface area contributed by atoms with Crippen LogP contribution in [-0.2, 0) is 28.7 Å². The Bertz CT molecular complexity index is 957. The van der Waals surface area contributed by atoms with E-state index in [1.807, 2.05) is 0 Å². The van der Waals surface area contributed by atoms with Gasteiger partial charge in [-0.05, 0) is 23.8 Å². The summed E-state index contributed by atoms with van der Waals surface area (Å²) in [7, 11) is 0. The fourth-order valence-corrected chi connectivity index (χ4v) is 2.46. The van der Waals surface area contributed by atoms with Gasteiger partial charge in [-0.1, -0.05) is 47.1 Å². The monoisotopic (exact) mass is 396 g/mol. The van der Waals surface area contributed by atoms with Crippen molar-refractivity contribution in [1.82, 2.24) is 10.1 Å². The van der Waals surface area contributed by atoms with Gasteiger partial charge in [0, 0.05) is 10.6 Å². The third-order valence-corrected chi connectivity index (χ3v) is 3.93. The minimum absolute atomic E-state index is 0.0294. The lowest BCUT2D eigenvalue weighted by Crippen LogP contribution is -2.08. The number of benzene rings is 2. The second-order valence-corrected chi connectivity index (χ2v) is 5.93. The molecule has 2 aromatic carbocycles. The molecule has 0 spiro atoms. The molecule has 1 heterocycles. The highest BCUT2D eigenvalue weighted by Gasteiger charge is 2.30. The maximum Gasteiger partial charge on any atom is 0.416 e. The number of hydrogen-bond donors (Lipinski definition) is 0. The lowest BCUT2D eigenvalue weighted by molar-refractivity contribution is -0.145. The number of nitrogens with zero attached hydrogens (tertiary/aromatic N) is 2. The average Bonchev–Trinajstić information content (AvgIpc) is 3.10. The molecule has 0 saturated heterocycles. The summed E-state index contributed by atoms with van der Waals surface area (Å²) in [6, 6.07) is 11.4. The van der Waals surface area contributed by atoms with E-state index in [2.05, 4.69) is 10.1 Å². The summed E-state index contributed by atoms with van der Waals surface area (Å²) < 4.78 is 48.3. The van der Waals surface area contributed by atoms with Crippen LogP contribution in [0.1, 0.15) is 17.0 Å². The molecule has 9 heteroatoms. The van der Waals surface area contributed by atoms with Crippen LogP contribution in [0.25, 0.3) is 11.4 Å². The van der Waals surface area contributed by atoms with Crippen LogP contribution in [0.5, 0.6) is 0 Å². The van der Waals surface area contributed by atoms with Gasteiger partial charge in [-0.2, -0.15) is 18.2 Å². The van der Waals surface area contributed by atoms with Gasteiger partial charge < -0.3 is 9.26 Å². The van der Waals surface area contributed by atoms with E-state index in [-0.39, 0.29) is 30.3 Å². The third kappa shape index (κ3) is 4.85. The Labute approximate surface area is 156 Å². The van der Waals surface area contributed by atoms with Crippen LogP contribution in [-0.4, -0.2) is 16.1 Å². The van der Waals surface area contributed by atoms with E-state index in [0.29, 0.717) is 10.6 Å². The Balaban J connectivity index is 1.63. The normalized spacial score (nSPS) is 11.4. The van der Waals surface area contributed by atoms with Crippen LogP contribution in [0.4, 0.5) is 13.2 Å². The summed E-state index contributed by atoms with van der Waals surface area (Å²) in [6.07, 6.45) is -4.51. The summed E-state index contributed by atoms with van der Waals surface area (Å²) >= 11 is 5.97. The van der Waals surface area contributed by atoms with Gasteiger partial charge in [0.1, 0.15) is 0 Å². The van der Waals surface area contributed by atoms with Gasteiger partial charge in [0.2, 0.25) is 5.82 Å². The minimum Gasteiger partial charge on any atom is -0.455 e. The van der Waals surface area contributed by atoms with E-state index in [1.165, 1.54) is 12.1 Å². The molecule has 0 saturated carbocycles. The van der Waals surface area contributed by atoms with E-state index in [0.717, 1.165) is 12.1 Å². The fourth-order valence-electron chi connectivity index (χ4n) is 2.26. The molecule has 140 valence electrons. The minimum atomic E-state index is -4.48. The maximum absolute atomic E-state index is 12.8. The van der Waals surface area contributed by atoms with Crippen molar-refractivity contribution in [2.45, 2.75) is 19.2 Å².